The standard InChI is InChI=1S/C30H33F3N2O4/c1-3-15-35(2)16-14-28-21-10-7-11-24(28)38-26-25(28)20(18-22(21)35)12-13-29(26,37)34-27(36)23(39-30(31,32)33)17-19-8-5-4-6-9-19/h3-6,8-9,12-13,17,21-22,24,26,37H,1,7,10-11,14-16,18H2,2H3/p+1/t21-,22+,24-,26?,28+,29?,35?/m0/s1. The smallest absolute Gasteiger partial charge is 0.400 e. The van der Waals surface area contributed by atoms with Crippen LogP contribution in [0.15, 0.2) is 72.0 Å². The Balaban J connectivity index is 1.35. The van der Waals surface area contributed by atoms with Crippen molar-refractivity contribution < 1.29 is 37.0 Å². The highest BCUT2D eigenvalue weighted by Gasteiger charge is 2.70. The lowest BCUT2D eigenvalue weighted by atomic mass is 9.50. The molecule has 2 heterocycles. The molecule has 6 rings (SSSR count). The number of likely N-dealkylation sites (N-methyl/N-ethyl adjacent to an activating group) is 1. The van der Waals surface area contributed by atoms with Gasteiger partial charge in [0.05, 0.1) is 32.3 Å². The Bertz CT molecular complexity index is 1270. The van der Waals surface area contributed by atoms with Gasteiger partial charge >= 0.3 is 6.36 Å². The number of carbonyl (C=O) groups excluding carboxylic acids is 1. The molecule has 39 heavy (non-hydrogen) atoms. The summed E-state index contributed by atoms with van der Waals surface area (Å²) in [5.74, 6) is -1.76. The van der Waals surface area contributed by atoms with Gasteiger partial charge < -0.3 is 24.4 Å². The van der Waals surface area contributed by atoms with E-state index in [0.717, 1.165) is 66.9 Å². The molecule has 3 aliphatic carbocycles. The van der Waals surface area contributed by atoms with Gasteiger partial charge in [-0.05, 0) is 47.8 Å². The van der Waals surface area contributed by atoms with Crippen molar-refractivity contribution in [3.63, 3.8) is 0 Å². The number of quaternary nitrogens is 1. The second kappa shape index (κ2) is 9.08. The van der Waals surface area contributed by atoms with E-state index in [4.69, 9.17) is 4.74 Å². The Kier molecular flexibility index (Phi) is 6.13. The first-order chi connectivity index (χ1) is 18.5. The monoisotopic (exact) mass is 543 g/mol. The van der Waals surface area contributed by atoms with Crippen molar-refractivity contribution >= 4 is 12.0 Å². The Morgan fingerprint density at radius 1 is 1.31 bits per heavy atom. The number of likely N-dealkylation sites (tertiary alicyclic amines) is 1. The van der Waals surface area contributed by atoms with Gasteiger partial charge in [0.2, 0.25) is 0 Å². The molecule has 1 spiro atoms. The SMILES string of the molecule is C=CC[N+]1(C)CC[C@]23C4=C5C=CC(O)(NC(=O)C(=Cc6ccccc6)OC(F)(F)F)C4O[C@H]2CCC[C@H]3[C@H]1C5. The van der Waals surface area contributed by atoms with Gasteiger partial charge in [0, 0.05) is 24.2 Å². The van der Waals surface area contributed by atoms with Crippen molar-refractivity contribution in [3.8, 4) is 0 Å². The molecule has 2 bridgehead atoms. The normalized spacial score (nSPS) is 38.7. The van der Waals surface area contributed by atoms with E-state index in [9.17, 15) is 23.1 Å². The third kappa shape index (κ3) is 4.17. The highest BCUT2D eigenvalue weighted by atomic mass is 19.4. The van der Waals surface area contributed by atoms with Crippen molar-refractivity contribution in [2.24, 2.45) is 11.3 Å². The Morgan fingerprint density at radius 3 is 2.79 bits per heavy atom. The summed E-state index contributed by atoms with van der Waals surface area (Å²) >= 11 is 0. The minimum absolute atomic E-state index is 0.111. The van der Waals surface area contributed by atoms with Crippen LogP contribution in [0.3, 0.4) is 0 Å². The van der Waals surface area contributed by atoms with Crippen LogP contribution >= 0.6 is 0 Å². The fourth-order valence-electron chi connectivity index (χ4n) is 8.17. The molecular formula is C30H34F3N2O4+. The van der Waals surface area contributed by atoms with E-state index < -0.39 is 29.9 Å². The van der Waals surface area contributed by atoms with Crippen molar-refractivity contribution in [1.82, 2.24) is 5.32 Å². The summed E-state index contributed by atoms with van der Waals surface area (Å²) in [5, 5.41) is 14.3. The predicted octanol–water partition coefficient (Wildman–Crippen LogP) is 4.60. The van der Waals surface area contributed by atoms with Crippen LogP contribution in [0.1, 0.15) is 37.7 Å². The third-order valence-electron chi connectivity index (χ3n) is 9.70. The largest absolute Gasteiger partial charge is 0.573 e. The van der Waals surface area contributed by atoms with E-state index in [1.54, 1.807) is 30.3 Å². The van der Waals surface area contributed by atoms with Crippen LogP contribution in [-0.2, 0) is 14.3 Å². The number of carbonyl (C=O) groups is 1. The first-order valence-electron chi connectivity index (χ1n) is 13.6. The summed E-state index contributed by atoms with van der Waals surface area (Å²) in [6, 6.07) is 8.51. The van der Waals surface area contributed by atoms with Gasteiger partial charge in [0.15, 0.2) is 11.5 Å². The average Bonchev–Trinajstić information content (AvgIpc) is 3.23. The molecule has 9 heteroatoms. The van der Waals surface area contributed by atoms with Crippen LogP contribution in [0, 0.1) is 11.3 Å². The molecule has 2 saturated heterocycles. The lowest BCUT2D eigenvalue weighted by molar-refractivity contribution is -0.940. The average molecular weight is 544 g/mol. The summed E-state index contributed by atoms with van der Waals surface area (Å²) in [6.07, 6.45) is 4.90. The van der Waals surface area contributed by atoms with Crippen LogP contribution in [0.25, 0.3) is 6.08 Å². The van der Waals surface area contributed by atoms with E-state index in [0.29, 0.717) is 17.5 Å². The Labute approximate surface area is 226 Å². The molecule has 2 N–H and O–H groups in total. The molecule has 1 aromatic rings. The van der Waals surface area contributed by atoms with E-state index in [1.807, 2.05) is 12.2 Å². The minimum Gasteiger partial charge on any atom is -0.400 e. The predicted molar refractivity (Wildman–Crippen MR) is 138 cm³/mol. The number of allylic oxidation sites excluding steroid dienone is 1. The number of benzene rings is 1. The molecule has 0 radical (unpaired) electrons. The molecule has 3 fully saturated rings. The van der Waals surface area contributed by atoms with E-state index in [-0.39, 0.29) is 11.5 Å². The molecule has 7 atom stereocenters. The lowest BCUT2D eigenvalue weighted by Gasteiger charge is -2.61. The van der Waals surface area contributed by atoms with Gasteiger partial charge in [-0.15, -0.1) is 13.2 Å². The van der Waals surface area contributed by atoms with Crippen molar-refractivity contribution in [1.29, 1.82) is 0 Å². The number of nitrogens with zero attached hydrogens (tertiary/aromatic N) is 1. The van der Waals surface area contributed by atoms with Gasteiger partial charge in [-0.2, -0.15) is 0 Å². The van der Waals surface area contributed by atoms with Gasteiger partial charge in [-0.1, -0.05) is 49.4 Å². The van der Waals surface area contributed by atoms with Crippen molar-refractivity contribution in [3.05, 3.63) is 77.6 Å². The number of amides is 1. The topological polar surface area (TPSA) is 67.8 Å². The molecular weight excluding hydrogens is 509 g/mol. The van der Waals surface area contributed by atoms with Gasteiger partial charge in [-0.25, -0.2) is 0 Å². The third-order valence-corrected chi connectivity index (χ3v) is 9.70. The zero-order valence-electron chi connectivity index (χ0n) is 21.9. The number of alkyl halides is 3. The summed E-state index contributed by atoms with van der Waals surface area (Å²) in [6.45, 7) is 5.83. The minimum atomic E-state index is -5.08. The van der Waals surface area contributed by atoms with E-state index in [1.165, 1.54) is 6.08 Å². The molecule has 1 amide bonds. The van der Waals surface area contributed by atoms with E-state index >= 15 is 0 Å². The molecule has 3 unspecified atom stereocenters. The molecule has 0 aromatic heterocycles. The molecule has 2 aliphatic heterocycles. The molecule has 6 nitrogen and oxygen atoms in total. The van der Waals surface area contributed by atoms with Gasteiger partial charge in [-0.3, -0.25) is 4.79 Å². The number of piperidine rings is 1. The van der Waals surface area contributed by atoms with Crippen LogP contribution in [0.2, 0.25) is 0 Å². The number of ether oxygens (including phenoxy) is 2. The maximum atomic E-state index is 13.3. The van der Waals surface area contributed by atoms with Crippen LogP contribution in [0.4, 0.5) is 13.2 Å². The van der Waals surface area contributed by atoms with Crippen LogP contribution in [-0.4, -0.2) is 66.0 Å². The summed E-state index contributed by atoms with van der Waals surface area (Å²) in [7, 11) is 2.30. The Hall–Kier alpha value is -2.88. The molecule has 1 saturated carbocycles. The van der Waals surface area contributed by atoms with Crippen LogP contribution < -0.4 is 5.32 Å². The first kappa shape index (κ1) is 26.3. The summed E-state index contributed by atoms with van der Waals surface area (Å²) in [5.41, 5.74) is 0.239. The zero-order valence-corrected chi connectivity index (χ0v) is 21.9. The number of rotatable bonds is 6. The number of nitrogens with one attached hydrogen (secondary N) is 1. The zero-order chi connectivity index (χ0) is 27.6. The maximum absolute atomic E-state index is 13.3. The van der Waals surface area contributed by atoms with Gasteiger partial charge in [0.25, 0.3) is 5.91 Å². The van der Waals surface area contributed by atoms with Crippen LogP contribution in [0.5, 0.6) is 0 Å². The number of hydrogen-bond donors (Lipinski definition) is 2. The molecule has 5 aliphatic rings. The number of hydrogen-bond acceptors (Lipinski definition) is 4. The fraction of sp³-hybridized carbons (Fsp3) is 0.500. The second-order valence-corrected chi connectivity index (χ2v) is 11.8. The summed E-state index contributed by atoms with van der Waals surface area (Å²) in [4.78, 5) is 13.2. The lowest BCUT2D eigenvalue weighted by Crippen LogP contribution is -2.69. The highest BCUT2D eigenvalue weighted by Crippen LogP contribution is 2.66. The van der Waals surface area contributed by atoms with Crippen molar-refractivity contribution in [2.45, 2.75) is 62.4 Å². The quantitative estimate of drug-likeness (QED) is 0.181. The molecule has 1 aromatic carbocycles. The van der Waals surface area contributed by atoms with Crippen molar-refractivity contribution in [2.75, 3.05) is 20.1 Å². The maximum Gasteiger partial charge on any atom is 0.573 e. The highest BCUT2D eigenvalue weighted by molar-refractivity contribution is 5.96. The van der Waals surface area contributed by atoms with Gasteiger partial charge in [0.1, 0.15) is 6.10 Å². The summed E-state index contributed by atoms with van der Waals surface area (Å²) < 4.78 is 51.4. The number of aliphatic hydroxyl groups is 1. The molecule has 208 valence electrons. The fourth-order valence-corrected chi connectivity index (χ4v) is 8.17. The second-order valence-electron chi connectivity index (χ2n) is 11.8. The van der Waals surface area contributed by atoms with E-state index in [2.05, 4.69) is 23.7 Å². The number of halogens is 3. The Morgan fingerprint density at radius 2 is 2.08 bits per heavy atom. The first-order valence-corrected chi connectivity index (χ1v) is 13.6.